The van der Waals surface area contributed by atoms with Gasteiger partial charge in [-0.2, -0.15) is 5.26 Å². The third-order valence-electron chi connectivity index (χ3n) is 7.33. The maximum absolute atomic E-state index is 10.5. The van der Waals surface area contributed by atoms with Gasteiger partial charge >= 0.3 is 0 Å². The van der Waals surface area contributed by atoms with Crippen molar-refractivity contribution < 1.29 is 4.48 Å². The molecule has 2 aliphatic rings. The van der Waals surface area contributed by atoms with Crippen LogP contribution >= 0.6 is 15.9 Å². The first-order valence-electron chi connectivity index (χ1n) is 9.96. The average Bonchev–Trinajstić information content (AvgIpc) is 2.82. The molecular weight excluding hydrogens is 396 g/mol. The van der Waals surface area contributed by atoms with Crippen molar-refractivity contribution in [1.82, 2.24) is 0 Å². The van der Waals surface area contributed by atoms with E-state index in [4.69, 9.17) is 0 Å². The van der Waals surface area contributed by atoms with E-state index in [0.29, 0.717) is 12.0 Å². The number of benzene rings is 2. The van der Waals surface area contributed by atoms with Gasteiger partial charge in [0.2, 0.25) is 0 Å². The molecular formula is C24H28BrN2+. The minimum atomic E-state index is -0.579. The van der Waals surface area contributed by atoms with Crippen LogP contribution in [0.2, 0.25) is 0 Å². The molecule has 2 heterocycles. The molecule has 0 aliphatic carbocycles. The van der Waals surface area contributed by atoms with Crippen molar-refractivity contribution in [3.8, 4) is 6.07 Å². The van der Waals surface area contributed by atoms with Gasteiger partial charge < -0.3 is 4.48 Å². The largest absolute Gasteiger partial charge is 0.312 e. The molecule has 27 heavy (non-hydrogen) atoms. The Morgan fingerprint density at radius 1 is 1.07 bits per heavy atom. The highest BCUT2D eigenvalue weighted by Gasteiger charge is 2.59. The fraction of sp³-hybridized carbons (Fsp3) is 0.458. The number of hydrogen-bond acceptors (Lipinski definition) is 1. The van der Waals surface area contributed by atoms with Crippen molar-refractivity contribution in [3.63, 3.8) is 0 Å². The second-order valence-corrected chi connectivity index (χ2v) is 10.4. The van der Waals surface area contributed by atoms with Gasteiger partial charge in [0.1, 0.15) is 5.41 Å². The lowest BCUT2D eigenvalue weighted by atomic mass is 9.67. The van der Waals surface area contributed by atoms with Crippen LogP contribution in [0.25, 0.3) is 0 Å². The molecule has 2 fully saturated rings. The van der Waals surface area contributed by atoms with Gasteiger partial charge in [0.25, 0.3) is 0 Å². The Balaban J connectivity index is 1.73. The minimum absolute atomic E-state index is 0.162. The van der Waals surface area contributed by atoms with Gasteiger partial charge in [0, 0.05) is 25.7 Å². The fourth-order valence-electron chi connectivity index (χ4n) is 5.57. The van der Waals surface area contributed by atoms with Crippen LogP contribution in [0.3, 0.4) is 0 Å². The van der Waals surface area contributed by atoms with E-state index in [2.05, 4.69) is 84.6 Å². The SMILES string of the molecule is C[N+]1(C)C2CCC1(Br)CC(CC(C#N)(c1ccccc1)c1ccccc1)C2. The van der Waals surface area contributed by atoms with Crippen LogP contribution in [0.5, 0.6) is 0 Å². The number of halogens is 1. The highest BCUT2D eigenvalue weighted by molar-refractivity contribution is 9.10. The lowest BCUT2D eigenvalue weighted by Gasteiger charge is -2.50. The molecule has 2 bridgehead atoms. The van der Waals surface area contributed by atoms with Crippen molar-refractivity contribution in [2.75, 3.05) is 14.1 Å². The van der Waals surface area contributed by atoms with Crippen LogP contribution < -0.4 is 0 Å². The Morgan fingerprint density at radius 3 is 2.11 bits per heavy atom. The zero-order valence-corrected chi connectivity index (χ0v) is 17.8. The van der Waals surface area contributed by atoms with Gasteiger partial charge in [0.15, 0.2) is 4.45 Å². The number of hydrogen-bond donors (Lipinski definition) is 0. The van der Waals surface area contributed by atoms with Gasteiger partial charge in [0.05, 0.1) is 26.2 Å². The number of nitrogens with zero attached hydrogens (tertiary/aromatic N) is 2. The maximum atomic E-state index is 10.5. The first-order chi connectivity index (χ1) is 12.9. The molecule has 2 nitrogen and oxygen atoms in total. The zero-order chi connectivity index (χ0) is 19.1. The van der Waals surface area contributed by atoms with Crippen molar-refractivity contribution >= 4 is 15.9 Å². The van der Waals surface area contributed by atoms with Gasteiger partial charge in [-0.1, -0.05) is 60.7 Å². The topological polar surface area (TPSA) is 23.8 Å². The number of quaternary nitrogens is 1. The van der Waals surface area contributed by atoms with Crippen LogP contribution in [-0.2, 0) is 5.41 Å². The van der Waals surface area contributed by atoms with Crippen LogP contribution in [0.15, 0.2) is 60.7 Å². The smallest absolute Gasteiger partial charge is 0.154 e. The summed E-state index contributed by atoms with van der Waals surface area (Å²) in [6.45, 7) is 0. The van der Waals surface area contributed by atoms with Crippen LogP contribution in [0.1, 0.15) is 43.2 Å². The molecule has 2 aliphatic heterocycles. The molecule has 0 aromatic heterocycles. The van der Waals surface area contributed by atoms with Crippen LogP contribution in [0.4, 0.5) is 0 Å². The molecule has 140 valence electrons. The molecule has 0 saturated carbocycles. The molecule has 3 atom stereocenters. The first kappa shape index (κ1) is 18.7. The number of piperidine rings is 1. The second-order valence-electron chi connectivity index (χ2n) is 8.91. The Bertz CT molecular complexity index is 800. The second kappa shape index (κ2) is 6.76. The summed E-state index contributed by atoms with van der Waals surface area (Å²) in [7, 11) is 4.74. The molecule has 2 aromatic rings. The molecule has 0 radical (unpaired) electrons. The van der Waals surface area contributed by atoms with E-state index >= 15 is 0 Å². The predicted octanol–water partition coefficient (Wildman–Crippen LogP) is 5.63. The number of nitriles is 1. The molecule has 0 amide bonds. The molecule has 0 spiro atoms. The van der Waals surface area contributed by atoms with E-state index in [1.807, 2.05) is 12.1 Å². The molecule has 3 heteroatoms. The summed E-state index contributed by atoms with van der Waals surface area (Å²) in [5.74, 6) is 0.545. The van der Waals surface area contributed by atoms with Crippen LogP contribution in [0, 0.1) is 17.2 Å². The predicted molar refractivity (Wildman–Crippen MR) is 113 cm³/mol. The average molecular weight is 424 g/mol. The molecule has 4 rings (SSSR count). The fourth-order valence-corrected chi connectivity index (χ4v) is 6.54. The maximum Gasteiger partial charge on any atom is 0.154 e. The summed E-state index contributed by atoms with van der Waals surface area (Å²) in [4.78, 5) is 0. The summed E-state index contributed by atoms with van der Waals surface area (Å²) in [5, 5.41) is 10.5. The number of fused-ring (bicyclic) bond motifs is 2. The van der Waals surface area contributed by atoms with Gasteiger partial charge in [-0.25, -0.2) is 0 Å². The normalized spacial score (nSPS) is 29.3. The van der Waals surface area contributed by atoms with Crippen molar-refractivity contribution in [2.24, 2.45) is 5.92 Å². The standard InChI is InChI=1S/C24H28BrN2/c1-27(2)22-13-14-24(27,25)17-19(15-22)16-23(18-26,20-9-5-3-6-10-20)21-11-7-4-8-12-21/h3-12,19,22H,13-17H2,1-2H3/q+1. The van der Waals surface area contributed by atoms with Crippen LogP contribution in [-0.4, -0.2) is 29.1 Å². The summed E-state index contributed by atoms with van der Waals surface area (Å²) >= 11 is 4.13. The molecule has 3 unspecified atom stereocenters. The van der Waals surface area contributed by atoms with Gasteiger partial charge in [-0.3, -0.25) is 0 Å². The van der Waals surface area contributed by atoms with Gasteiger partial charge in [-0.05, 0) is 39.4 Å². The Morgan fingerprint density at radius 2 is 1.63 bits per heavy atom. The van der Waals surface area contributed by atoms with E-state index in [9.17, 15) is 5.26 Å². The third kappa shape index (κ3) is 2.94. The van der Waals surface area contributed by atoms with E-state index in [1.165, 1.54) is 19.3 Å². The lowest BCUT2D eigenvalue weighted by Crippen LogP contribution is -2.60. The lowest BCUT2D eigenvalue weighted by molar-refractivity contribution is -0.939. The molecule has 0 N–H and O–H groups in total. The summed E-state index contributed by atoms with van der Waals surface area (Å²) in [6, 6.07) is 24.2. The molecule has 2 saturated heterocycles. The first-order valence-corrected chi connectivity index (χ1v) is 10.8. The van der Waals surface area contributed by atoms with E-state index < -0.39 is 5.41 Å². The number of alkyl halides is 1. The highest BCUT2D eigenvalue weighted by atomic mass is 79.9. The monoisotopic (exact) mass is 423 g/mol. The van der Waals surface area contributed by atoms with E-state index in [0.717, 1.165) is 28.5 Å². The van der Waals surface area contributed by atoms with Crippen molar-refractivity contribution in [3.05, 3.63) is 71.8 Å². The molecule has 2 aromatic carbocycles. The van der Waals surface area contributed by atoms with Crippen molar-refractivity contribution in [1.29, 1.82) is 5.26 Å². The van der Waals surface area contributed by atoms with Crippen molar-refractivity contribution in [2.45, 2.75) is 48.0 Å². The van der Waals surface area contributed by atoms with E-state index in [-0.39, 0.29) is 4.45 Å². The Labute approximate surface area is 171 Å². The highest BCUT2D eigenvalue weighted by Crippen LogP contribution is 2.55. The minimum Gasteiger partial charge on any atom is -0.312 e. The van der Waals surface area contributed by atoms with E-state index in [1.54, 1.807) is 0 Å². The number of rotatable bonds is 4. The zero-order valence-electron chi connectivity index (χ0n) is 16.2. The third-order valence-corrected chi connectivity index (χ3v) is 8.97. The summed E-state index contributed by atoms with van der Waals surface area (Å²) in [6.07, 6.45) is 5.76. The summed E-state index contributed by atoms with van der Waals surface area (Å²) < 4.78 is 1.23. The Kier molecular flexibility index (Phi) is 4.69. The Hall–Kier alpha value is -1.63. The quantitative estimate of drug-likeness (QED) is 0.355. The summed E-state index contributed by atoms with van der Waals surface area (Å²) in [5.41, 5.74) is 1.66. The van der Waals surface area contributed by atoms with Gasteiger partial charge in [-0.15, -0.1) is 0 Å².